The van der Waals surface area contributed by atoms with Crippen molar-refractivity contribution in [3.63, 3.8) is 0 Å². The highest BCUT2D eigenvalue weighted by Crippen LogP contribution is 2.45. The molecule has 0 aliphatic heterocycles. The molecule has 9 aromatic carbocycles. The van der Waals surface area contributed by atoms with E-state index >= 15 is 0 Å². The molecule has 0 bridgehead atoms. The Morgan fingerprint density at radius 2 is 0.837 bits per heavy atom. The molecule has 1 heteroatoms. The van der Waals surface area contributed by atoms with E-state index in [1.165, 1.54) is 104 Å². The fourth-order valence-corrected chi connectivity index (χ4v) is 8.46. The van der Waals surface area contributed by atoms with Crippen LogP contribution in [0.4, 0.5) is 0 Å². The van der Waals surface area contributed by atoms with Crippen molar-refractivity contribution in [1.82, 2.24) is 4.57 Å². The minimum absolute atomic E-state index is 1.17. The molecule has 10 rings (SSSR count). The maximum atomic E-state index is 2.52. The lowest BCUT2D eigenvalue weighted by Crippen LogP contribution is -1.96. The second kappa shape index (κ2) is 10.7. The van der Waals surface area contributed by atoms with Gasteiger partial charge in [0.05, 0.1) is 11.0 Å². The van der Waals surface area contributed by atoms with Crippen LogP contribution in [-0.4, -0.2) is 4.57 Å². The minimum atomic E-state index is 1.17. The van der Waals surface area contributed by atoms with Gasteiger partial charge in [0.15, 0.2) is 0 Å². The average Bonchev–Trinajstić information content (AvgIpc) is 3.50. The second-order valence-electron chi connectivity index (χ2n) is 13.4. The topological polar surface area (TPSA) is 4.93 Å². The van der Waals surface area contributed by atoms with E-state index in [-0.39, 0.29) is 0 Å². The SMILES string of the molecule is Cc1cc(C)c2ccc3c4ccc5ccccc5c4n(-c4ccc(-c5c6ccccc6c(-c6ccccc6)c6ccccc56)cc4)c3c2c1. The molecule has 0 saturated heterocycles. The molecular formula is C48H33N. The molecule has 0 saturated carbocycles. The van der Waals surface area contributed by atoms with Gasteiger partial charge in [-0.25, -0.2) is 0 Å². The minimum Gasteiger partial charge on any atom is -0.308 e. The maximum Gasteiger partial charge on any atom is 0.0619 e. The fourth-order valence-electron chi connectivity index (χ4n) is 8.46. The van der Waals surface area contributed by atoms with Crippen LogP contribution in [-0.2, 0) is 0 Å². The summed E-state index contributed by atoms with van der Waals surface area (Å²) in [5.74, 6) is 0. The van der Waals surface area contributed by atoms with Crippen LogP contribution in [0.2, 0.25) is 0 Å². The number of aryl methyl sites for hydroxylation is 2. The van der Waals surface area contributed by atoms with Crippen LogP contribution in [0.5, 0.6) is 0 Å². The first-order chi connectivity index (χ1) is 24.2. The molecule has 0 unspecified atom stereocenters. The average molecular weight is 624 g/mol. The predicted octanol–water partition coefficient (Wildman–Crippen LogP) is 13.3. The molecule has 1 heterocycles. The summed E-state index contributed by atoms with van der Waals surface area (Å²) >= 11 is 0. The van der Waals surface area contributed by atoms with Crippen LogP contribution in [0.15, 0.2) is 164 Å². The van der Waals surface area contributed by atoms with Gasteiger partial charge in [0.25, 0.3) is 0 Å². The van der Waals surface area contributed by atoms with Crippen LogP contribution in [0.25, 0.3) is 92.8 Å². The zero-order chi connectivity index (χ0) is 32.6. The van der Waals surface area contributed by atoms with Gasteiger partial charge in [0.1, 0.15) is 0 Å². The van der Waals surface area contributed by atoms with Crippen LogP contribution in [0.1, 0.15) is 11.1 Å². The van der Waals surface area contributed by atoms with Crippen molar-refractivity contribution in [1.29, 1.82) is 0 Å². The number of aromatic nitrogens is 1. The van der Waals surface area contributed by atoms with Crippen LogP contribution in [0.3, 0.4) is 0 Å². The van der Waals surface area contributed by atoms with Gasteiger partial charge in [-0.05, 0) is 92.2 Å². The third kappa shape index (κ3) is 4.12. The zero-order valence-electron chi connectivity index (χ0n) is 27.5. The molecule has 0 spiro atoms. The van der Waals surface area contributed by atoms with E-state index < -0.39 is 0 Å². The summed E-state index contributed by atoms with van der Waals surface area (Å²) in [6.45, 7) is 4.44. The maximum absolute atomic E-state index is 2.52. The second-order valence-corrected chi connectivity index (χ2v) is 13.4. The van der Waals surface area contributed by atoms with E-state index in [1.807, 2.05) is 0 Å². The fraction of sp³-hybridized carbons (Fsp3) is 0.0417. The number of nitrogens with zero attached hydrogens (tertiary/aromatic N) is 1. The van der Waals surface area contributed by atoms with Gasteiger partial charge in [-0.1, -0.05) is 151 Å². The van der Waals surface area contributed by atoms with Gasteiger partial charge in [-0.15, -0.1) is 0 Å². The quantitative estimate of drug-likeness (QED) is 0.173. The van der Waals surface area contributed by atoms with Gasteiger partial charge in [-0.2, -0.15) is 0 Å². The Morgan fingerprint density at radius 3 is 1.47 bits per heavy atom. The van der Waals surface area contributed by atoms with Crippen LogP contribution < -0.4 is 0 Å². The van der Waals surface area contributed by atoms with Crippen molar-refractivity contribution >= 4 is 64.9 Å². The Kier molecular flexibility index (Phi) is 6.07. The van der Waals surface area contributed by atoms with E-state index in [0.717, 1.165) is 0 Å². The predicted molar refractivity (Wildman–Crippen MR) is 211 cm³/mol. The summed E-state index contributed by atoms with van der Waals surface area (Å²) in [6, 6.07) is 60.6. The molecule has 10 aromatic rings. The molecule has 0 amide bonds. The van der Waals surface area contributed by atoms with Crippen LogP contribution >= 0.6 is 0 Å². The Bertz CT molecular complexity index is 2870. The van der Waals surface area contributed by atoms with Crippen LogP contribution in [0, 0.1) is 13.8 Å². The molecular weight excluding hydrogens is 591 g/mol. The van der Waals surface area contributed by atoms with E-state index in [4.69, 9.17) is 0 Å². The standard InChI is InChI=1S/C48H33N/c1-30-28-31(2)36-26-27-43-42-25-22-32-12-6-7-15-37(32)47(42)49(48(43)44(36)29-30)35-23-20-34(21-24-35)46-40-18-10-8-16-38(40)45(33-13-4-3-5-14-33)39-17-9-11-19-41(39)46/h3-29H,1-2H3. The molecule has 0 atom stereocenters. The molecule has 0 fully saturated rings. The lowest BCUT2D eigenvalue weighted by molar-refractivity contribution is 1.19. The van der Waals surface area contributed by atoms with E-state index in [0.29, 0.717) is 0 Å². The Hall–Kier alpha value is -6.18. The summed E-state index contributed by atoms with van der Waals surface area (Å²) in [5, 5.41) is 12.8. The third-order valence-corrected chi connectivity index (χ3v) is 10.5. The van der Waals surface area contributed by atoms with Gasteiger partial charge in [0, 0.05) is 27.2 Å². The number of fused-ring (bicyclic) bond motifs is 9. The van der Waals surface area contributed by atoms with Gasteiger partial charge in [-0.3, -0.25) is 0 Å². The van der Waals surface area contributed by atoms with Crippen molar-refractivity contribution in [2.75, 3.05) is 0 Å². The monoisotopic (exact) mass is 623 g/mol. The number of rotatable bonds is 3. The van der Waals surface area contributed by atoms with E-state index in [1.54, 1.807) is 0 Å². The number of hydrogen-bond donors (Lipinski definition) is 0. The number of benzene rings is 9. The van der Waals surface area contributed by atoms with Gasteiger partial charge >= 0.3 is 0 Å². The first-order valence-corrected chi connectivity index (χ1v) is 17.1. The smallest absolute Gasteiger partial charge is 0.0619 e. The van der Waals surface area contributed by atoms with Crippen molar-refractivity contribution in [3.05, 3.63) is 175 Å². The summed E-state index contributed by atoms with van der Waals surface area (Å²) in [6.07, 6.45) is 0. The van der Waals surface area contributed by atoms with Crippen molar-refractivity contribution in [3.8, 4) is 27.9 Å². The van der Waals surface area contributed by atoms with Crippen molar-refractivity contribution in [2.24, 2.45) is 0 Å². The normalized spacial score (nSPS) is 11.9. The Balaban J connectivity index is 1.27. The Morgan fingerprint density at radius 1 is 0.347 bits per heavy atom. The molecule has 230 valence electrons. The van der Waals surface area contributed by atoms with Crippen molar-refractivity contribution in [2.45, 2.75) is 13.8 Å². The highest BCUT2D eigenvalue weighted by molar-refractivity contribution is 6.24. The number of hydrogen-bond acceptors (Lipinski definition) is 0. The summed E-state index contributed by atoms with van der Waals surface area (Å²) in [7, 11) is 0. The third-order valence-electron chi connectivity index (χ3n) is 10.5. The molecule has 1 aromatic heterocycles. The molecule has 0 radical (unpaired) electrons. The first kappa shape index (κ1) is 27.9. The molecule has 0 aliphatic rings. The molecule has 49 heavy (non-hydrogen) atoms. The molecule has 0 aliphatic carbocycles. The van der Waals surface area contributed by atoms with Gasteiger partial charge < -0.3 is 4.57 Å². The Labute approximate surface area is 285 Å². The lowest BCUT2D eigenvalue weighted by atomic mass is 9.86. The first-order valence-electron chi connectivity index (χ1n) is 17.1. The molecule has 1 nitrogen and oxygen atoms in total. The van der Waals surface area contributed by atoms with Crippen molar-refractivity contribution < 1.29 is 0 Å². The lowest BCUT2D eigenvalue weighted by Gasteiger charge is -2.18. The summed E-state index contributed by atoms with van der Waals surface area (Å²) in [4.78, 5) is 0. The highest BCUT2D eigenvalue weighted by atomic mass is 15.0. The summed E-state index contributed by atoms with van der Waals surface area (Å²) in [5.41, 5.74) is 11.3. The van der Waals surface area contributed by atoms with Gasteiger partial charge in [0.2, 0.25) is 0 Å². The molecule has 0 N–H and O–H groups in total. The zero-order valence-corrected chi connectivity index (χ0v) is 27.5. The largest absolute Gasteiger partial charge is 0.308 e. The summed E-state index contributed by atoms with van der Waals surface area (Å²) < 4.78 is 2.52. The van der Waals surface area contributed by atoms with E-state index in [9.17, 15) is 0 Å². The van der Waals surface area contributed by atoms with E-state index in [2.05, 4.69) is 182 Å². The highest BCUT2D eigenvalue weighted by Gasteiger charge is 2.20.